The summed E-state index contributed by atoms with van der Waals surface area (Å²) in [5.74, 6) is 1.68. The van der Waals surface area contributed by atoms with Crippen molar-refractivity contribution in [3.63, 3.8) is 0 Å². The minimum absolute atomic E-state index is 0.554. The van der Waals surface area contributed by atoms with Crippen molar-refractivity contribution >= 4 is 43.9 Å². The lowest BCUT2D eigenvalue weighted by Crippen LogP contribution is -2.00. The molecule has 0 saturated heterocycles. The molecule has 62 heavy (non-hydrogen) atoms. The summed E-state index contributed by atoms with van der Waals surface area (Å²) in [4.78, 5) is 15.8. The van der Waals surface area contributed by atoms with Gasteiger partial charge in [-0.05, 0) is 80.9 Å². The van der Waals surface area contributed by atoms with Crippen molar-refractivity contribution in [2.75, 3.05) is 0 Å². The number of aromatic nitrogens is 3. The largest absolute Gasteiger partial charge is 0.456 e. The van der Waals surface area contributed by atoms with Crippen LogP contribution in [0, 0.1) is 0 Å². The van der Waals surface area contributed by atoms with Crippen LogP contribution in [0.2, 0.25) is 0 Å². The van der Waals surface area contributed by atoms with Crippen molar-refractivity contribution in [1.82, 2.24) is 15.0 Å². The molecular weight excluding hydrogens is 759 g/mol. The van der Waals surface area contributed by atoms with E-state index in [2.05, 4.69) is 170 Å². The second-order valence-corrected chi connectivity index (χ2v) is 15.5. The summed E-state index contributed by atoms with van der Waals surface area (Å²) < 4.78 is 13.0. The number of hydrogen-bond acceptors (Lipinski definition) is 5. The van der Waals surface area contributed by atoms with Gasteiger partial charge in [0.05, 0.1) is 0 Å². The van der Waals surface area contributed by atoms with Crippen LogP contribution >= 0.6 is 0 Å². The fourth-order valence-corrected chi connectivity index (χ4v) is 8.69. The van der Waals surface area contributed by atoms with Crippen LogP contribution < -0.4 is 0 Å². The monoisotopic (exact) mass is 793 g/mol. The normalized spacial score (nSPS) is 11.5. The Balaban J connectivity index is 1.04. The van der Waals surface area contributed by atoms with Gasteiger partial charge in [-0.2, -0.15) is 0 Å². The Kier molecular flexibility index (Phi) is 8.42. The summed E-state index contributed by atoms with van der Waals surface area (Å²) in [7, 11) is 0. The average molecular weight is 794 g/mol. The molecule has 9 aromatic carbocycles. The van der Waals surface area contributed by atoms with Crippen molar-refractivity contribution in [2.45, 2.75) is 0 Å². The molecule has 0 amide bonds. The van der Waals surface area contributed by atoms with E-state index >= 15 is 0 Å². The van der Waals surface area contributed by atoms with E-state index in [0.717, 1.165) is 93.9 Å². The zero-order valence-electron chi connectivity index (χ0n) is 33.4. The molecule has 5 nitrogen and oxygen atoms in total. The number of nitrogens with zero attached hydrogens (tertiary/aromatic N) is 3. The Hall–Kier alpha value is -8.41. The summed E-state index contributed by atoms with van der Waals surface area (Å²) in [5, 5.41) is 3.90. The third kappa shape index (κ3) is 6.23. The maximum Gasteiger partial charge on any atom is 0.164 e. The van der Waals surface area contributed by atoms with Gasteiger partial charge < -0.3 is 8.83 Å². The van der Waals surface area contributed by atoms with E-state index in [1.54, 1.807) is 0 Å². The van der Waals surface area contributed by atoms with Crippen LogP contribution in [0.25, 0.3) is 123 Å². The molecule has 0 N–H and O–H groups in total. The molecule has 5 heteroatoms. The maximum absolute atomic E-state index is 6.53. The number of furan rings is 2. The quantitative estimate of drug-likeness (QED) is 0.161. The molecule has 3 heterocycles. The van der Waals surface area contributed by atoms with Gasteiger partial charge in [-0.1, -0.05) is 176 Å². The molecule has 0 unspecified atom stereocenters. The summed E-state index contributed by atoms with van der Waals surface area (Å²) in [6.45, 7) is 0. The van der Waals surface area contributed by atoms with Crippen LogP contribution in [0.4, 0.5) is 0 Å². The van der Waals surface area contributed by atoms with E-state index in [0.29, 0.717) is 17.5 Å². The van der Waals surface area contributed by atoms with Crippen molar-refractivity contribution < 1.29 is 8.83 Å². The van der Waals surface area contributed by atoms with Crippen LogP contribution in [-0.4, -0.2) is 15.0 Å². The van der Waals surface area contributed by atoms with Gasteiger partial charge in [-0.25, -0.2) is 15.0 Å². The van der Waals surface area contributed by atoms with E-state index in [9.17, 15) is 0 Å². The Bertz CT molecular complexity index is 3600. The zero-order valence-corrected chi connectivity index (χ0v) is 33.4. The molecule has 0 aliphatic rings. The standard InChI is InChI=1S/C57H35N3O2/c1-4-12-36(13-5-1)39-22-24-41(25-23-39)44-31-33-50-48(35-44)54-46(19-11-21-52(54)62-50)57-59-55(42-28-26-40(27-29-42)37-14-6-2-7-15-37)58-56(60-57)45-18-10-20-51-53(45)47-34-43(30-32-49(47)61-51)38-16-8-3-9-17-38/h1-35H. The van der Waals surface area contributed by atoms with E-state index in [1.165, 1.54) is 11.1 Å². The first kappa shape index (κ1) is 35.5. The summed E-state index contributed by atoms with van der Waals surface area (Å²) >= 11 is 0. The molecule has 12 aromatic rings. The Morgan fingerprint density at radius 1 is 0.242 bits per heavy atom. The first-order valence-electron chi connectivity index (χ1n) is 20.7. The zero-order chi connectivity index (χ0) is 41.0. The lowest BCUT2D eigenvalue weighted by atomic mass is 9.98. The smallest absolute Gasteiger partial charge is 0.164 e. The van der Waals surface area contributed by atoms with Gasteiger partial charge in [-0.15, -0.1) is 0 Å². The third-order valence-electron chi connectivity index (χ3n) is 11.8. The second kappa shape index (κ2) is 14.7. The van der Waals surface area contributed by atoms with Gasteiger partial charge in [0.1, 0.15) is 22.3 Å². The van der Waals surface area contributed by atoms with Gasteiger partial charge in [-0.3, -0.25) is 0 Å². The van der Waals surface area contributed by atoms with E-state index in [1.807, 2.05) is 42.5 Å². The van der Waals surface area contributed by atoms with Crippen molar-refractivity contribution in [3.05, 3.63) is 212 Å². The molecule has 0 fully saturated rings. The number of benzene rings is 9. The highest BCUT2D eigenvalue weighted by Crippen LogP contribution is 2.41. The molecular formula is C57H35N3O2. The summed E-state index contributed by atoms with van der Waals surface area (Å²) in [6.07, 6.45) is 0. The molecule has 290 valence electrons. The molecule has 0 aliphatic heterocycles. The van der Waals surface area contributed by atoms with E-state index in [-0.39, 0.29) is 0 Å². The first-order chi connectivity index (χ1) is 30.7. The molecule has 12 rings (SSSR count). The summed E-state index contributed by atoms with van der Waals surface area (Å²) in [5.41, 5.74) is 14.8. The SMILES string of the molecule is c1ccc(-c2ccc(-c3ccc4oc5cccc(-c6nc(-c7ccc(-c8ccccc8)cc7)nc(-c7cccc8oc9ccc(-c%10ccccc%10)cc9c78)n6)c5c4c3)cc2)cc1. The highest BCUT2D eigenvalue weighted by atomic mass is 16.3. The lowest BCUT2D eigenvalue weighted by Gasteiger charge is -2.11. The van der Waals surface area contributed by atoms with Crippen molar-refractivity contribution in [2.24, 2.45) is 0 Å². The minimum atomic E-state index is 0.554. The van der Waals surface area contributed by atoms with Gasteiger partial charge in [0.2, 0.25) is 0 Å². The van der Waals surface area contributed by atoms with Crippen LogP contribution in [0.5, 0.6) is 0 Å². The Morgan fingerprint density at radius 2 is 0.581 bits per heavy atom. The number of hydrogen-bond donors (Lipinski definition) is 0. The molecule has 3 aromatic heterocycles. The molecule has 0 saturated carbocycles. The molecule has 0 radical (unpaired) electrons. The Labute approximate surface area is 357 Å². The van der Waals surface area contributed by atoms with Gasteiger partial charge in [0.25, 0.3) is 0 Å². The third-order valence-corrected chi connectivity index (χ3v) is 11.8. The van der Waals surface area contributed by atoms with Gasteiger partial charge >= 0.3 is 0 Å². The van der Waals surface area contributed by atoms with E-state index < -0.39 is 0 Å². The fraction of sp³-hybridized carbons (Fsp3) is 0. The van der Waals surface area contributed by atoms with Crippen molar-refractivity contribution in [1.29, 1.82) is 0 Å². The first-order valence-corrected chi connectivity index (χ1v) is 20.7. The number of fused-ring (bicyclic) bond motifs is 6. The average Bonchev–Trinajstić information content (AvgIpc) is 3.93. The van der Waals surface area contributed by atoms with Crippen LogP contribution in [-0.2, 0) is 0 Å². The fourth-order valence-electron chi connectivity index (χ4n) is 8.69. The van der Waals surface area contributed by atoms with E-state index in [4.69, 9.17) is 23.8 Å². The number of rotatable bonds is 7. The van der Waals surface area contributed by atoms with Crippen LogP contribution in [0.3, 0.4) is 0 Å². The maximum atomic E-state index is 6.53. The predicted octanol–water partition coefficient (Wildman–Crippen LogP) is 15.3. The Morgan fingerprint density at radius 3 is 1.02 bits per heavy atom. The molecule has 0 bridgehead atoms. The highest BCUT2D eigenvalue weighted by Gasteiger charge is 2.21. The van der Waals surface area contributed by atoms with Crippen molar-refractivity contribution in [3.8, 4) is 78.7 Å². The predicted molar refractivity (Wildman–Crippen MR) is 252 cm³/mol. The molecule has 0 spiro atoms. The lowest BCUT2D eigenvalue weighted by molar-refractivity contribution is 0.668. The summed E-state index contributed by atoms with van der Waals surface area (Å²) in [6, 6.07) is 73.4. The molecule has 0 aliphatic carbocycles. The highest BCUT2D eigenvalue weighted by molar-refractivity contribution is 6.14. The molecule has 0 atom stereocenters. The van der Waals surface area contributed by atoms with Crippen LogP contribution in [0.1, 0.15) is 0 Å². The van der Waals surface area contributed by atoms with Crippen LogP contribution in [0.15, 0.2) is 221 Å². The topological polar surface area (TPSA) is 65.0 Å². The van der Waals surface area contributed by atoms with Gasteiger partial charge in [0.15, 0.2) is 17.5 Å². The second-order valence-electron chi connectivity index (χ2n) is 15.5. The minimum Gasteiger partial charge on any atom is -0.456 e. The van der Waals surface area contributed by atoms with Gasteiger partial charge in [0, 0.05) is 38.2 Å².